The van der Waals surface area contributed by atoms with E-state index < -0.39 is 0 Å². The first-order valence-electron chi connectivity index (χ1n) is 8.09. The van der Waals surface area contributed by atoms with Gasteiger partial charge in [0.05, 0.1) is 0 Å². The van der Waals surface area contributed by atoms with Crippen LogP contribution in [-0.2, 0) is 0 Å². The van der Waals surface area contributed by atoms with Crippen LogP contribution in [0.15, 0.2) is 23.2 Å². The highest BCUT2D eigenvalue weighted by Gasteiger charge is 2.37. The number of hydrogen-bond donors (Lipinski definition) is 0. The number of carbonyl (C=O) groups excluding carboxylic acids is 1. The van der Waals surface area contributed by atoms with Gasteiger partial charge in [-0.1, -0.05) is 36.4 Å². The van der Waals surface area contributed by atoms with Crippen molar-refractivity contribution in [2.24, 2.45) is 10.9 Å². The van der Waals surface area contributed by atoms with Gasteiger partial charge in [-0.15, -0.1) is 0 Å². The van der Waals surface area contributed by atoms with E-state index in [9.17, 15) is 4.79 Å². The number of rotatable bonds is 3. The molecule has 0 aromatic heterocycles. The van der Waals surface area contributed by atoms with Crippen molar-refractivity contribution in [2.75, 3.05) is 6.54 Å². The third-order valence-corrected chi connectivity index (χ3v) is 5.97. The molecule has 1 saturated heterocycles. The molecule has 1 aromatic carbocycles. The molecule has 3 rings (SSSR count). The smallest absolute Gasteiger partial charge is 0.279 e. The molecule has 2 atom stereocenters. The highest BCUT2D eigenvalue weighted by Crippen LogP contribution is 2.37. The number of carbonyl (C=O) groups is 1. The second-order valence-corrected chi connectivity index (χ2v) is 8.02. The van der Waals surface area contributed by atoms with Gasteiger partial charge in [-0.05, 0) is 51.2 Å². The second-order valence-electron chi connectivity index (χ2n) is 6.68. The Labute approximate surface area is 137 Å². The van der Waals surface area contributed by atoms with Gasteiger partial charge in [0.1, 0.15) is 0 Å². The van der Waals surface area contributed by atoms with Crippen LogP contribution in [0.5, 0.6) is 0 Å². The molecule has 22 heavy (non-hydrogen) atoms. The highest BCUT2D eigenvalue weighted by molar-refractivity contribution is 8.14. The minimum atomic E-state index is -0.109. The predicted molar refractivity (Wildman–Crippen MR) is 93.6 cm³/mol. The van der Waals surface area contributed by atoms with Crippen molar-refractivity contribution >= 4 is 22.8 Å². The summed E-state index contributed by atoms with van der Waals surface area (Å²) in [5.74, 6) is 0.692. The molecule has 2 unspecified atom stereocenters. The van der Waals surface area contributed by atoms with Crippen LogP contribution in [0.25, 0.3) is 0 Å². The summed E-state index contributed by atoms with van der Waals surface area (Å²) in [7, 11) is 0. The predicted octanol–water partition coefficient (Wildman–Crippen LogP) is 4.04. The largest absolute Gasteiger partial charge is 0.347 e. The van der Waals surface area contributed by atoms with Crippen molar-refractivity contribution in [2.45, 2.75) is 51.8 Å². The summed E-state index contributed by atoms with van der Waals surface area (Å²) < 4.78 is 0. The van der Waals surface area contributed by atoms with Crippen molar-refractivity contribution in [1.82, 2.24) is 4.90 Å². The van der Waals surface area contributed by atoms with Crippen molar-refractivity contribution in [1.29, 1.82) is 0 Å². The highest BCUT2D eigenvalue weighted by atomic mass is 32.2. The quantitative estimate of drug-likeness (QED) is 0.844. The zero-order valence-corrected chi connectivity index (χ0v) is 14.6. The summed E-state index contributed by atoms with van der Waals surface area (Å²) in [4.78, 5) is 19.4. The van der Waals surface area contributed by atoms with Crippen molar-refractivity contribution in [3.63, 3.8) is 0 Å². The van der Waals surface area contributed by atoms with E-state index >= 15 is 0 Å². The molecular weight excluding hydrogens is 292 g/mol. The van der Waals surface area contributed by atoms with Crippen molar-refractivity contribution in [3.8, 4) is 0 Å². The van der Waals surface area contributed by atoms with Crippen molar-refractivity contribution in [3.05, 3.63) is 34.9 Å². The fourth-order valence-electron chi connectivity index (χ4n) is 2.87. The molecule has 0 N–H and O–H groups in total. The van der Waals surface area contributed by atoms with E-state index in [1.807, 2.05) is 32.0 Å². The fraction of sp³-hybridized carbons (Fsp3) is 0.556. The van der Waals surface area contributed by atoms with Gasteiger partial charge in [0, 0.05) is 23.4 Å². The number of aliphatic imine (C=N–C) groups is 1. The first-order valence-corrected chi connectivity index (χ1v) is 8.97. The Bertz CT molecular complexity index is 622. The number of aryl methyl sites for hydroxylation is 2. The van der Waals surface area contributed by atoms with Gasteiger partial charge in [0.15, 0.2) is 5.17 Å². The maximum atomic E-state index is 12.6. The van der Waals surface area contributed by atoms with Crippen molar-refractivity contribution < 1.29 is 4.79 Å². The van der Waals surface area contributed by atoms with Crippen LogP contribution >= 0.6 is 11.8 Å². The van der Waals surface area contributed by atoms with Gasteiger partial charge in [0.25, 0.3) is 5.91 Å². The SMILES string of the molecule is Cc1ccc(C(=O)N=C2SC(C)C(C)N2CC2CC2)c(C)c1. The number of amides is 1. The molecule has 2 fully saturated rings. The Morgan fingerprint density at radius 1 is 1.32 bits per heavy atom. The Hall–Kier alpha value is -1.29. The maximum Gasteiger partial charge on any atom is 0.279 e. The molecule has 1 amide bonds. The maximum absolute atomic E-state index is 12.6. The molecule has 4 heteroatoms. The molecule has 1 aliphatic heterocycles. The lowest BCUT2D eigenvalue weighted by molar-refractivity contribution is 0.100. The lowest BCUT2D eigenvalue weighted by Gasteiger charge is -2.24. The lowest BCUT2D eigenvalue weighted by Crippen LogP contribution is -2.35. The van der Waals surface area contributed by atoms with E-state index in [1.165, 1.54) is 18.4 Å². The van der Waals surface area contributed by atoms with Crippen LogP contribution in [0.4, 0.5) is 0 Å². The van der Waals surface area contributed by atoms with Gasteiger partial charge < -0.3 is 4.90 Å². The normalized spacial score (nSPS) is 26.7. The minimum absolute atomic E-state index is 0.109. The Morgan fingerprint density at radius 3 is 2.68 bits per heavy atom. The van der Waals surface area contributed by atoms with Crippen LogP contribution in [0.1, 0.15) is 48.2 Å². The van der Waals surface area contributed by atoms with Gasteiger partial charge in [0.2, 0.25) is 0 Å². The minimum Gasteiger partial charge on any atom is -0.347 e. The molecule has 1 heterocycles. The zero-order chi connectivity index (χ0) is 15.9. The standard InChI is InChI=1S/C18H24N2OS/c1-11-5-8-16(12(2)9-11)17(21)19-18-20(10-15-6-7-15)13(3)14(4)22-18/h5,8-9,13-15H,6-7,10H2,1-4H3. The first-order chi connectivity index (χ1) is 10.5. The number of benzene rings is 1. The van der Waals surface area contributed by atoms with Gasteiger partial charge in [-0.25, -0.2) is 0 Å². The number of amidine groups is 1. The molecule has 1 aromatic rings. The van der Waals surface area contributed by atoms with E-state index in [2.05, 4.69) is 23.7 Å². The molecule has 0 spiro atoms. The summed E-state index contributed by atoms with van der Waals surface area (Å²) in [6.45, 7) is 9.54. The van der Waals surface area contributed by atoms with E-state index in [0.717, 1.165) is 28.8 Å². The molecule has 2 aliphatic rings. The zero-order valence-electron chi connectivity index (χ0n) is 13.8. The van der Waals surface area contributed by atoms with Crippen LogP contribution in [0, 0.1) is 19.8 Å². The van der Waals surface area contributed by atoms with Gasteiger partial charge >= 0.3 is 0 Å². The van der Waals surface area contributed by atoms with Crippen LogP contribution in [0.3, 0.4) is 0 Å². The molecule has 1 aliphatic carbocycles. The summed E-state index contributed by atoms with van der Waals surface area (Å²) in [5, 5.41) is 1.40. The second kappa shape index (κ2) is 6.07. The lowest BCUT2D eigenvalue weighted by atomic mass is 10.1. The average Bonchev–Trinajstić information content (AvgIpc) is 3.22. The number of thioether (sulfide) groups is 1. The molecule has 0 bridgehead atoms. The van der Waals surface area contributed by atoms with Gasteiger partial charge in [-0.3, -0.25) is 4.79 Å². The fourth-order valence-corrected chi connectivity index (χ4v) is 4.06. The Kier molecular flexibility index (Phi) is 4.31. The molecular formula is C18H24N2OS. The van der Waals surface area contributed by atoms with Crippen LogP contribution in [0.2, 0.25) is 0 Å². The van der Waals surface area contributed by atoms with E-state index in [4.69, 9.17) is 0 Å². The summed E-state index contributed by atoms with van der Waals surface area (Å²) in [5.41, 5.74) is 2.90. The van der Waals surface area contributed by atoms with E-state index in [0.29, 0.717) is 11.3 Å². The molecule has 1 saturated carbocycles. The Balaban J connectivity index is 1.83. The first kappa shape index (κ1) is 15.6. The Morgan fingerprint density at radius 2 is 2.05 bits per heavy atom. The van der Waals surface area contributed by atoms with Gasteiger partial charge in [-0.2, -0.15) is 4.99 Å². The molecule has 118 valence electrons. The average molecular weight is 316 g/mol. The molecule has 0 radical (unpaired) electrons. The van der Waals surface area contributed by atoms with Crippen LogP contribution < -0.4 is 0 Å². The number of hydrogen-bond acceptors (Lipinski definition) is 2. The third kappa shape index (κ3) is 3.22. The van der Waals surface area contributed by atoms with Crippen LogP contribution in [-0.4, -0.2) is 33.8 Å². The topological polar surface area (TPSA) is 32.7 Å². The summed E-state index contributed by atoms with van der Waals surface area (Å²) in [6.07, 6.45) is 2.64. The summed E-state index contributed by atoms with van der Waals surface area (Å²) >= 11 is 1.74. The van der Waals surface area contributed by atoms with E-state index in [-0.39, 0.29) is 5.91 Å². The van der Waals surface area contributed by atoms with E-state index in [1.54, 1.807) is 11.8 Å². The number of nitrogens with zero attached hydrogens (tertiary/aromatic N) is 2. The monoisotopic (exact) mass is 316 g/mol. The third-order valence-electron chi connectivity index (χ3n) is 4.67. The summed E-state index contributed by atoms with van der Waals surface area (Å²) in [6, 6.07) is 6.38. The molecule has 3 nitrogen and oxygen atoms in total.